The van der Waals surface area contributed by atoms with E-state index in [1.54, 1.807) is 0 Å². The highest BCUT2D eigenvalue weighted by Crippen LogP contribution is 2.24. The number of ketones is 1. The molecule has 0 aliphatic rings. The van der Waals surface area contributed by atoms with Crippen LogP contribution in [0.5, 0.6) is 0 Å². The van der Waals surface area contributed by atoms with Crippen LogP contribution in [-0.4, -0.2) is 11.8 Å². The molecule has 0 radical (unpaired) electrons. The molecule has 0 saturated heterocycles. The smallest absolute Gasteiger partial charge is 0.146 e. The van der Waals surface area contributed by atoms with Crippen LogP contribution < -0.4 is 5.73 Å². The SMILES string of the molecule is CC(=O)[C@@H](N)Cc1cccc(-c2ccccc2C)c1. The number of Topliss-reactive ketones (excluding diaryl/α,β-unsaturated/α-hetero) is 1. The Kier molecular flexibility index (Phi) is 4.13. The largest absolute Gasteiger partial charge is 0.321 e. The van der Waals surface area contributed by atoms with Crippen LogP contribution >= 0.6 is 0 Å². The zero-order valence-electron chi connectivity index (χ0n) is 11.4. The molecule has 2 aromatic carbocycles. The Balaban J connectivity index is 2.30. The predicted molar refractivity (Wildman–Crippen MR) is 79.0 cm³/mol. The number of benzene rings is 2. The molecule has 2 aromatic rings. The Morgan fingerprint density at radius 3 is 2.58 bits per heavy atom. The van der Waals surface area contributed by atoms with Crippen molar-refractivity contribution in [2.75, 3.05) is 0 Å². The third-order valence-electron chi connectivity index (χ3n) is 3.36. The average Bonchev–Trinajstić information content (AvgIpc) is 2.39. The van der Waals surface area contributed by atoms with Crippen molar-refractivity contribution in [3.05, 3.63) is 59.7 Å². The van der Waals surface area contributed by atoms with E-state index in [0.29, 0.717) is 6.42 Å². The summed E-state index contributed by atoms with van der Waals surface area (Å²) in [6.45, 7) is 3.64. The van der Waals surface area contributed by atoms with Gasteiger partial charge in [0, 0.05) is 0 Å². The molecule has 0 saturated carbocycles. The second-order valence-corrected chi connectivity index (χ2v) is 4.94. The fourth-order valence-corrected chi connectivity index (χ4v) is 2.16. The summed E-state index contributed by atoms with van der Waals surface area (Å²) in [5, 5.41) is 0. The Morgan fingerprint density at radius 1 is 1.16 bits per heavy atom. The van der Waals surface area contributed by atoms with Crippen LogP contribution in [0.15, 0.2) is 48.5 Å². The van der Waals surface area contributed by atoms with Gasteiger partial charge < -0.3 is 5.73 Å². The highest BCUT2D eigenvalue weighted by atomic mass is 16.1. The van der Waals surface area contributed by atoms with E-state index >= 15 is 0 Å². The maximum absolute atomic E-state index is 11.2. The van der Waals surface area contributed by atoms with E-state index in [0.717, 1.165) is 5.56 Å². The van der Waals surface area contributed by atoms with Gasteiger partial charge in [0.2, 0.25) is 0 Å². The summed E-state index contributed by atoms with van der Waals surface area (Å²) in [5.41, 5.74) is 10.6. The highest BCUT2D eigenvalue weighted by Gasteiger charge is 2.09. The molecule has 0 fully saturated rings. The number of carbonyl (C=O) groups excluding carboxylic acids is 1. The van der Waals surface area contributed by atoms with Crippen LogP contribution in [0.4, 0.5) is 0 Å². The van der Waals surface area contributed by atoms with Gasteiger partial charge in [-0.25, -0.2) is 0 Å². The molecule has 0 aliphatic heterocycles. The van der Waals surface area contributed by atoms with Crippen molar-refractivity contribution < 1.29 is 4.79 Å². The van der Waals surface area contributed by atoms with Gasteiger partial charge in [-0.3, -0.25) is 4.79 Å². The molecule has 98 valence electrons. The molecule has 0 heterocycles. The van der Waals surface area contributed by atoms with Gasteiger partial charge in [-0.15, -0.1) is 0 Å². The Labute approximate surface area is 114 Å². The fraction of sp³-hybridized carbons (Fsp3) is 0.235. The molecular weight excluding hydrogens is 234 g/mol. The minimum absolute atomic E-state index is 0.0290. The third kappa shape index (κ3) is 3.30. The fourth-order valence-electron chi connectivity index (χ4n) is 2.16. The maximum Gasteiger partial charge on any atom is 0.146 e. The van der Waals surface area contributed by atoms with Gasteiger partial charge in [0.15, 0.2) is 0 Å². The second-order valence-electron chi connectivity index (χ2n) is 4.94. The Morgan fingerprint density at radius 2 is 1.89 bits per heavy atom. The van der Waals surface area contributed by atoms with Crippen molar-refractivity contribution in [3.8, 4) is 11.1 Å². The monoisotopic (exact) mass is 253 g/mol. The van der Waals surface area contributed by atoms with Gasteiger partial charge in [0.1, 0.15) is 5.78 Å². The van der Waals surface area contributed by atoms with Crippen LogP contribution in [0.2, 0.25) is 0 Å². The van der Waals surface area contributed by atoms with Crippen LogP contribution in [-0.2, 0) is 11.2 Å². The van der Waals surface area contributed by atoms with E-state index in [-0.39, 0.29) is 5.78 Å². The number of hydrogen-bond acceptors (Lipinski definition) is 2. The number of aryl methyl sites for hydroxylation is 1. The molecule has 0 bridgehead atoms. The minimum Gasteiger partial charge on any atom is -0.321 e. The van der Waals surface area contributed by atoms with E-state index in [1.807, 2.05) is 24.3 Å². The van der Waals surface area contributed by atoms with Crippen LogP contribution in [0, 0.1) is 6.92 Å². The minimum atomic E-state index is -0.410. The standard InChI is InChI=1S/C17H19NO/c1-12-6-3-4-9-16(12)15-8-5-7-14(10-15)11-17(18)13(2)19/h3-10,17H,11,18H2,1-2H3/t17-/m0/s1. The molecule has 0 amide bonds. The average molecular weight is 253 g/mol. The number of rotatable bonds is 4. The van der Waals surface area contributed by atoms with Crippen molar-refractivity contribution in [1.82, 2.24) is 0 Å². The molecule has 19 heavy (non-hydrogen) atoms. The third-order valence-corrected chi connectivity index (χ3v) is 3.36. The zero-order chi connectivity index (χ0) is 13.8. The van der Waals surface area contributed by atoms with Crippen molar-refractivity contribution in [1.29, 1.82) is 0 Å². The molecule has 2 N–H and O–H groups in total. The number of nitrogens with two attached hydrogens (primary N) is 1. The van der Waals surface area contributed by atoms with Gasteiger partial charge in [-0.1, -0.05) is 48.5 Å². The molecule has 0 spiro atoms. The molecule has 0 aromatic heterocycles. The van der Waals surface area contributed by atoms with Crippen LogP contribution in [0.25, 0.3) is 11.1 Å². The molecule has 2 rings (SSSR count). The van der Waals surface area contributed by atoms with Crippen LogP contribution in [0.3, 0.4) is 0 Å². The van der Waals surface area contributed by atoms with Crippen molar-refractivity contribution in [2.45, 2.75) is 26.3 Å². The molecule has 0 unspecified atom stereocenters. The van der Waals surface area contributed by atoms with Gasteiger partial charge in [-0.05, 0) is 42.5 Å². The molecule has 1 atom stereocenters. The molecule has 2 heteroatoms. The quantitative estimate of drug-likeness (QED) is 0.909. The summed E-state index contributed by atoms with van der Waals surface area (Å²) in [6, 6.07) is 16.1. The topological polar surface area (TPSA) is 43.1 Å². The zero-order valence-corrected chi connectivity index (χ0v) is 11.4. The van der Waals surface area contributed by atoms with Gasteiger partial charge in [-0.2, -0.15) is 0 Å². The second kappa shape index (κ2) is 5.81. The van der Waals surface area contributed by atoms with E-state index < -0.39 is 6.04 Å². The van der Waals surface area contributed by atoms with E-state index in [2.05, 4.69) is 31.2 Å². The lowest BCUT2D eigenvalue weighted by atomic mass is 9.96. The lowest BCUT2D eigenvalue weighted by Gasteiger charge is -2.10. The molecule has 0 aliphatic carbocycles. The predicted octanol–water partition coefficient (Wildman–Crippen LogP) is 3.12. The van der Waals surface area contributed by atoms with E-state index in [9.17, 15) is 4.79 Å². The van der Waals surface area contributed by atoms with Gasteiger partial charge >= 0.3 is 0 Å². The Hall–Kier alpha value is -1.93. The first-order valence-electron chi connectivity index (χ1n) is 6.49. The first kappa shape index (κ1) is 13.5. The lowest BCUT2D eigenvalue weighted by molar-refractivity contribution is -0.118. The molecular formula is C17H19NO. The summed E-state index contributed by atoms with van der Waals surface area (Å²) >= 11 is 0. The maximum atomic E-state index is 11.2. The first-order chi connectivity index (χ1) is 9.08. The number of carbonyl (C=O) groups is 1. The van der Waals surface area contributed by atoms with Crippen molar-refractivity contribution in [3.63, 3.8) is 0 Å². The van der Waals surface area contributed by atoms with Crippen molar-refractivity contribution >= 4 is 5.78 Å². The van der Waals surface area contributed by atoms with Crippen LogP contribution in [0.1, 0.15) is 18.1 Å². The lowest BCUT2D eigenvalue weighted by Crippen LogP contribution is -2.30. The molecule has 2 nitrogen and oxygen atoms in total. The normalized spacial score (nSPS) is 12.2. The first-order valence-corrected chi connectivity index (χ1v) is 6.49. The summed E-state index contributed by atoms with van der Waals surface area (Å²) in [7, 11) is 0. The van der Waals surface area contributed by atoms with Gasteiger partial charge in [0.25, 0.3) is 0 Å². The summed E-state index contributed by atoms with van der Waals surface area (Å²) in [4.78, 5) is 11.2. The summed E-state index contributed by atoms with van der Waals surface area (Å²) < 4.78 is 0. The number of hydrogen-bond donors (Lipinski definition) is 1. The van der Waals surface area contributed by atoms with E-state index in [4.69, 9.17) is 5.73 Å². The Bertz CT molecular complexity index is 589. The van der Waals surface area contributed by atoms with Crippen molar-refractivity contribution in [2.24, 2.45) is 5.73 Å². The van der Waals surface area contributed by atoms with Gasteiger partial charge in [0.05, 0.1) is 6.04 Å². The highest BCUT2D eigenvalue weighted by molar-refractivity contribution is 5.81. The summed E-state index contributed by atoms with van der Waals surface area (Å²) in [6.07, 6.45) is 0.592. The summed E-state index contributed by atoms with van der Waals surface area (Å²) in [5.74, 6) is 0.0290. The van der Waals surface area contributed by atoms with E-state index in [1.165, 1.54) is 23.6 Å².